The van der Waals surface area contributed by atoms with Gasteiger partial charge in [-0.3, -0.25) is 4.90 Å². The largest absolute Gasteiger partial charge is 0.405 e. The van der Waals surface area contributed by atoms with Crippen LogP contribution in [-0.4, -0.2) is 77.2 Å². The summed E-state index contributed by atoms with van der Waals surface area (Å²) in [6.45, 7) is 1.66. The van der Waals surface area contributed by atoms with Gasteiger partial charge in [-0.15, -0.1) is 0 Å². The molecule has 0 bridgehead atoms. The first-order chi connectivity index (χ1) is 10.3. The molecular weight excluding hydrogens is 323 g/mol. The number of piperazine rings is 1. The predicted octanol–water partition coefficient (Wildman–Crippen LogP) is -0.222. The molecule has 0 amide bonds. The number of nitrogens with one attached hydrogen (secondary N) is 2. The Bertz CT molecular complexity index is 446. The number of rotatable bonds is 6. The van der Waals surface area contributed by atoms with Crippen molar-refractivity contribution in [2.24, 2.45) is 5.92 Å². The van der Waals surface area contributed by atoms with E-state index in [1.165, 1.54) is 4.90 Å². The van der Waals surface area contributed by atoms with Crippen LogP contribution < -0.4 is 10.0 Å². The smallest absolute Gasteiger partial charge is 0.381 e. The van der Waals surface area contributed by atoms with E-state index >= 15 is 0 Å². The van der Waals surface area contributed by atoms with Gasteiger partial charge in [0.25, 0.3) is 0 Å². The second kappa shape index (κ2) is 7.43. The molecule has 0 aromatic rings. The summed E-state index contributed by atoms with van der Waals surface area (Å²) in [7, 11) is -3.73. The summed E-state index contributed by atoms with van der Waals surface area (Å²) in [5, 5.41) is 2.98. The van der Waals surface area contributed by atoms with Crippen molar-refractivity contribution in [3.63, 3.8) is 0 Å². The molecule has 10 heteroatoms. The van der Waals surface area contributed by atoms with Gasteiger partial charge in [0.15, 0.2) is 0 Å². The highest BCUT2D eigenvalue weighted by molar-refractivity contribution is 7.89. The molecule has 2 fully saturated rings. The Hall–Kier alpha value is -0.420. The summed E-state index contributed by atoms with van der Waals surface area (Å²) in [4.78, 5) is 1.28. The van der Waals surface area contributed by atoms with E-state index in [1.807, 2.05) is 0 Å². The topological polar surface area (TPSA) is 70.7 Å². The molecule has 0 aromatic heterocycles. The SMILES string of the molecule is O=S(=O)(CC1CCOC1)NCC(N1CCNCC1)C(F)(F)F. The Morgan fingerprint density at radius 3 is 2.55 bits per heavy atom. The molecule has 2 aliphatic heterocycles. The molecular formula is C12H22F3N3O3S. The average molecular weight is 345 g/mol. The van der Waals surface area contributed by atoms with E-state index in [4.69, 9.17) is 4.74 Å². The number of halogens is 3. The van der Waals surface area contributed by atoms with E-state index in [2.05, 4.69) is 10.0 Å². The Balaban J connectivity index is 1.92. The normalized spacial score (nSPS) is 26.2. The average Bonchev–Trinajstić information content (AvgIpc) is 2.90. The second-order valence-electron chi connectivity index (χ2n) is 5.70. The highest BCUT2D eigenvalue weighted by atomic mass is 32.2. The molecule has 2 heterocycles. The van der Waals surface area contributed by atoms with Gasteiger partial charge in [0.2, 0.25) is 10.0 Å². The van der Waals surface area contributed by atoms with Gasteiger partial charge < -0.3 is 10.1 Å². The molecule has 2 N–H and O–H groups in total. The van der Waals surface area contributed by atoms with E-state index in [0.717, 1.165) is 0 Å². The maximum Gasteiger partial charge on any atom is 0.405 e. The van der Waals surface area contributed by atoms with E-state index in [9.17, 15) is 21.6 Å². The molecule has 6 nitrogen and oxygen atoms in total. The molecule has 2 unspecified atom stereocenters. The Morgan fingerprint density at radius 2 is 2.00 bits per heavy atom. The molecule has 2 atom stereocenters. The standard InChI is InChI=1S/C12H22F3N3O3S/c13-12(14,15)11(18-4-2-16-3-5-18)7-17-22(19,20)9-10-1-6-21-8-10/h10-11,16-17H,1-9H2. The van der Waals surface area contributed by atoms with Crippen LogP contribution in [0.2, 0.25) is 0 Å². The molecule has 2 rings (SSSR count). The summed E-state index contributed by atoms with van der Waals surface area (Å²) >= 11 is 0. The first-order valence-electron chi connectivity index (χ1n) is 7.34. The van der Waals surface area contributed by atoms with Gasteiger partial charge in [-0.05, 0) is 12.3 Å². The van der Waals surface area contributed by atoms with Gasteiger partial charge >= 0.3 is 6.18 Å². The molecule has 0 radical (unpaired) electrons. The van der Waals surface area contributed by atoms with Gasteiger partial charge in [0, 0.05) is 39.3 Å². The fourth-order valence-corrected chi connectivity index (χ4v) is 4.15. The number of ether oxygens (including phenoxy) is 1. The minimum Gasteiger partial charge on any atom is -0.381 e. The molecule has 0 spiro atoms. The van der Waals surface area contributed by atoms with Gasteiger partial charge in [-0.2, -0.15) is 13.2 Å². The summed E-state index contributed by atoms with van der Waals surface area (Å²) in [5.41, 5.74) is 0. The number of hydrogen-bond acceptors (Lipinski definition) is 5. The maximum atomic E-state index is 13.2. The Labute approximate surface area is 128 Å². The zero-order valence-corrected chi connectivity index (χ0v) is 13.0. The zero-order valence-electron chi connectivity index (χ0n) is 12.2. The first-order valence-corrected chi connectivity index (χ1v) is 9.00. The third-order valence-corrected chi connectivity index (χ3v) is 5.46. The van der Waals surface area contributed by atoms with Crippen LogP contribution in [0.5, 0.6) is 0 Å². The molecule has 0 aliphatic carbocycles. The highest BCUT2D eigenvalue weighted by Gasteiger charge is 2.44. The lowest BCUT2D eigenvalue weighted by molar-refractivity contribution is -0.182. The molecule has 0 aromatic carbocycles. The third-order valence-electron chi connectivity index (χ3n) is 3.95. The fraction of sp³-hybridized carbons (Fsp3) is 1.00. The van der Waals surface area contributed by atoms with Gasteiger partial charge in [-0.1, -0.05) is 0 Å². The van der Waals surface area contributed by atoms with Crippen molar-refractivity contribution < 1.29 is 26.3 Å². The monoisotopic (exact) mass is 345 g/mol. The van der Waals surface area contributed by atoms with Crippen LogP contribution in [-0.2, 0) is 14.8 Å². The lowest BCUT2D eigenvalue weighted by atomic mass is 10.2. The van der Waals surface area contributed by atoms with Crippen molar-refractivity contribution in [2.75, 3.05) is 51.7 Å². The Kier molecular flexibility index (Phi) is 6.06. The molecule has 0 saturated carbocycles. The van der Waals surface area contributed by atoms with Gasteiger partial charge in [-0.25, -0.2) is 13.1 Å². The fourth-order valence-electron chi connectivity index (χ4n) is 2.74. The first kappa shape index (κ1) is 17.9. The lowest BCUT2D eigenvalue weighted by Crippen LogP contribution is -2.57. The number of nitrogens with zero attached hydrogens (tertiary/aromatic N) is 1. The van der Waals surface area contributed by atoms with Crippen molar-refractivity contribution in [3.8, 4) is 0 Å². The summed E-state index contributed by atoms with van der Waals surface area (Å²) < 4.78 is 70.6. The number of sulfonamides is 1. The minimum absolute atomic E-state index is 0.138. The predicted molar refractivity (Wildman–Crippen MR) is 75.0 cm³/mol. The van der Waals surface area contributed by atoms with Crippen molar-refractivity contribution in [1.29, 1.82) is 0 Å². The summed E-state index contributed by atoms with van der Waals surface area (Å²) in [6.07, 6.45) is -3.84. The van der Waals surface area contributed by atoms with E-state index < -0.39 is 28.8 Å². The second-order valence-corrected chi connectivity index (χ2v) is 7.55. The minimum atomic E-state index is -4.46. The van der Waals surface area contributed by atoms with Crippen LogP contribution in [0, 0.1) is 5.92 Å². The van der Waals surface area contributed by atoms with Crippen LogP contribution >= 0.6 is 0 Å². The van der Waals surface area contributed by atoms with E-state index in [0.29, 0.717) is 32.7 Å². The van der Waals surface area contributed by atoms with E-state index in [-0.39, 0.29) is 24.8 Å². The molecule has 130 valence electrons. The number of hydrogen-bond donors (Lipinski definition) is 2. The van der Waals surface area contributed by atoms with Crippen LogP contribution in [0.4, 0.5) is 13.2 Å². The summed E-state index contributed by atoms with van der Waals surface area (Å²) in [6, 6.07) is -1.79. The van der Waals surface area contributed by atoms with Crippen LogP contribution in [0.3, 0.4) is 0 Å². The van der Waals surface area contributed by atoms with Gasteiger partial charge in [0.1, 0.15) is 6.04 Å². The van der Waals surface area contributed by atoms with Crippen molar-refractivity contribution >= 4 is 10.0 Å². The van der Waals surface area contributed by atoms with Crippen molar-refractivity contribution in [1.82, 2.24) is 14.9 Å². The Morgan fingerprint density at radius 1 is 1.32 bits per heavy atom. The van der Waals surface area contributed by atoms with Crippen LogP contribution in [0.15, 0.2) is 0 Å². The van der Waals surface area contributed by atoms with Crippen molar-refractivity contribution in [3.05, 3.63) is 0 Å². The molecule has 22 heavy (non-hydrogen) atoms. The van der Waals surface area contributed by atoms with Gasteiger partial charge in [0.05, 0.1) is 12.4 Å². The van der Waals surface area contributed by atoms with Crippen molar-refractivity contribution in [2.45, 2.75) is 18.6 Å². The van der Waals surface area contributed by atoms with Crippen LogP contribution in [0.25, 0.3) is 0 Å². The lowest BCUT2D eigenvalue weighted by Gasteiger charge is -2.35. The maximum absolute atomic E-state index is 13.2. The molecule has 2 aliphatic rings. The third kappa shape index (κ3) is 5.34. The molecule has 2 saturated heterocycles. The number of alkyl halides is 3. The quantitative estimate of drug-likeness (QED) is 0.696. The highest BCUT2D eigenvalue weighted by Crippen LogP contribution is 2.25. The zero-order chi connectivity index (χ0) is 16.2. The van der Waals surface area contributed by atoms with Crippen LogP contribution in [0.1, 0.15) is 6.42 Å². The van der Waals surface area contributed by atoms with E-state index in [1.54, 1.807) is 0 Å². The summed E-state index contributed by atoms with van der Waals surface area (Å²) in [5.74, 6) is -0.319.